The molecule has 0 aliphatic rings. The molecule has 16 heavy (non-hydrogen) atoms. The van der Waals surface area contributed by atoms with Crippen molar-refractivity contribution in [1.82, 2.24) is 5.32 Å². The van der Waals surface area contributed by atoms with Crippen LogP contribution < -0.4 is 10.1 Å². The highest BCUT2D eigenvalue weighted by Crippen LogP contribution is 2.18. The first kappa shape index (κ1) is 13.0. The molecule has 0 fully saturated rings. The smallest absolute Gasteiger partial charge is 0.119 e. The van der Waals surface area contributed by atoms with Crippen LogP contribution in [0.1, 0.15) is 38.8 Å². The third-order valence-corrected chi connectivity index (χ3v) is 3.06. The van der Waals surface area contributed by atoms with Gasteiger partial charge in [-0.1, -0.05) is 32.4 Å². The first-order valence-electron chi connectivity index (χ1n) is 6.04. The molecular weight excluding hydrogens is 198 g/mol. The Hall–Kier alpha value is -1.02. The number of ether oxygens (including phenoxy) is 1. The zero-order valence-corrected chi connectivity index (χ0v) is 10.8. The van der Waals surface area contributed by atoms with Gasteiger partial charge in [0, 0.05) is 6.04 Å². The summed E-state index contributed by atoms with van der Waals surface area (Å²) in [5.74, 6) is 1.66. The van der Waals surface area contributed by atoms with Crippen LogP contribution in [-0.2, 0) is 0 Å². The fourth-order valence-corrected chi connectivity index (χ4v) is 1.55. The van der Waals surface area contributed by atoms with Crippen molar-refractivity contribution >= 4 is 0 Å². The van der Waals surface area contributed by atoms with E-state index in [1.54, 1.807) is 7.11 Å². The van der Waals surface area contributed by atoms with E-state index in [1.165, 1.54) is 12.0 Å². The highest BCUT2D eigenvalue weighted by molar-refractivity contribution is 5.30. The van der Waals surface area contributed by atoms with Gasteiger partial charge in [-0.3, -0.25) is 0 Å². The summed E-state index contributed by atoms with van der Waals surface area (Å²) in [7, 11) is 1.70. The molecule has 1 N–H and O–H groups in total. The van der Waals surface area contributed by atoms with Crippen molar-refractivity contribution in [2.75, 3.05) is 13.7 Å². The van der Waals surface area contributed by atoms with Gasteiger partial charge in [0.1, 0.15) is 5.75 Å². The molecule has 1 rings (SSSR count). The lowest BCUT2D eigenvalue weighted by Gasteiger charge is -2.17. The Bertz CT molecular complexity index is 311. The molecule has 0 radical (unpaired) electrons. The third-order valence-electron chi connectivity index (χ3n) is 3.06. The zero-order chi connectivity index (χ0) is 12.0. The van der Waals surface area contributed by atoms with Gasteiger partial charge in [-0.2, -0.15) is 0 Å². The van der Waals surface area contributed by atoms with E-state index < -0.39 is 0 Å². The molecule has 2 nitrogen and oxygen atoms in total. The van der Waals surface area contributed by atoms with E-state index >= 15 is 0 Å². The van der Waals surface area contributed by atoms with E-state index in [-0.39, 0.29) is 0 Å². The number of hydrogen-bond donors (Lipinski definition) is 1. The Morgan fingerprint density at radius 2 is 2.06 bits per heavy atom. The van der Waals surface area contributed by atoms with Crippen LogP contribution in [0.2, 0.25) is 0 Å². The molecule has 0 heterocycles. The minimum atomic E-state index is 0.379. The first-order chi connectivity index (χ1) is 7.67. The van der Waals surface area contributed by atoms with Crippen molar-refractivity contribution in [3.05, 3.63) is 29.8 Å². The fourth-order valence-electron chi connectivity index (χ4n) is 1.55. The Morgan fingerprint density at radius 1 is 1.31 bits per heavy atom. The lowest BCUT2D eigenvalue weighted by atomic mass is 10.1. The second-order valence-electron chi connectivity index (χ2n) is 4.42. The van der Waals surface area contributed by atoms with Gasteiger partial charge >= 0.3 is 0 Å². The van der Waals surface area contributed by atoms with Crippen LogP contribution in [0.15, 0.2) is 24.3 Å². The molecule has 0 saturated carbocycles. The second-order valence-corrected chi connectivity index (χ2v) is 4.42. The molecular formula is C14H23NO. The number of rotatable bonds is 6. The third kappa shape index (κ3) is 3.86. The monoisotopic (exact) mass is 221 g/mol. The van der Waals surface area contributed by atoms with Crippen molar-refractivity contribution < 1.29 is 4.74 Å². The Kier molecular flexibility index (Phi) is 5.33. The van der Waals surface area contributed by atoms with Crippen LogP contribution in [0, 0.1) is 5.92 Å². The second kappa shape index (κ2) is 6.54. The van der Waals surface area contributed by atoms with Gasteiger partial charge in [0.25, 0.3) is 0 Å². The molecule has 0 aliphatic carbocycles. The lowest BCUT2D eigenvalue weighted by Crippen LogP contribution is -2.24. The first-order valence-corrected chi connectivity index (χ1v) is 6.04. The van der Waals surface area contributed by atoms with Gasteiger partial charge in [0.05, 0.1) is 7.11 Å². The summed E-state index contributed by atoms with van der Waals surface area (Å²) in [5.41, 5.74) is 1.28. The van der Waals surface area contributed by atoms with E-state index in [0.29, 0.717) is 6.04 Å². The predicted octanol–water partition coefficient (Wildman–Crippen LogP) is 3.39. The van der Waals surface area contributed by atoms with Gasteiger partial charge in [0.2, 0.25) is 0 Å². The van der Waals surface area contributed by atoms with Crippen LogP contribution in [0.25, 0.3) is 0 Å². The minimum absolute atomic E-state index is 0.379. The highest BCUT2D eigenvalue weighted by atomic mass is 16.5. The summed E-state index contributed by atoms with van der Waals surface area (Å²) in [5, 5.41) is 3.55. The van der Waals surface area contributed by atoms with Crippen molar-refractivity contribution in [2.45, 2.75) is 33.2 Å². The molecule has 2 heteroatoms. The average Bonchev–Trinajstić information content (AvgIpc) is 2.35. The average molecular weight is 221 g/mol. The molecule has 0 saturated heterocycles. The van der Waals surface area contributed by atoms with Gasteiger partial charge in [-0.05, 0) is 37.1 Å². The van der Waals surface area contributed by atoms with Gasteiger partial charge in [0.15, 0.2) is 0 Å². The molecule has 0 bridgehead atoms. The highest BCUT2D eigenvalue weighted by Gasteiger charge is 2.07. The summed E-state index contributed by atoms with van der Waals surface area (Å²) in [6.07, 6.45) is 1.22. The van der Waals surface area contributed by atoms with Gasteiger partial charge in [-0.15, -0.1) is 0 Å². The fraction of sp³-hybridized carbons (Fsp3) is 0.571. The molecule has 90 valence electrons. The lowest BCUT2D eigenvalue weighted by molar-refractivity contribution is 0.412. The van der Waals surface area contributed by atoms with Crippen LogP contribution in [0.4, 0.5) is 0 Å². The standard InChI is InChI=1S/C14H23NO/c1-5-11(2)10-15-12(3)13-7-6-8-14(9-13)16-4/h6-9,11-12,15H,5,10H2,1-4H3/t11?,12-/m1/s1. The summed E-state index contributed by atoms with van der Waals surface area (Å²) in [4.78, 5) is 0. The molecule has 0 amide bonds. The van der Waals surface area contributed by atoms with Crippen molar-refractivity contribution in [3.63, 3.8) is 0 Å². The molecule has 2 atom stereocenters. The maximum Gasteiger partial charge on any atom is 0.119 e. The summed E-state index contributed by atoms with van der Waals surface area (Å²) < 4.78 is 5.22. The molecule has 0 aromatic heterocycles. The van der Waals surface area contributed by atoms with E-state index in [2.05, 4.69) is 38.2 Å². The normalized spacial score (nSPS) is 14.5. The van der Waals surface area contributed by atoms with Crippen LogP contribution >= 0.6 is 0 Å². The van der Waals surface area contributed by atoms with Crippen LogP contribution in [0.5, 0.6) is 5.75 Å². The van der Waals surface area contributed by atoms with E-state index in [0.717, 1.165) is 18.2 Å². The maximum atomic E-state index is 5.22. The van der Waals surface area contributed by atoms with Crippen molar-refractivity contribution in [2.24, 2.45) is 5.92 Å². The van der Waals surface area contributed by atoms with Crippen molar-refractivity contribution in [3.8, 4) is 5.75 Å². The van der Waals surface area contributed by atoms with Gasteiger partial charge in [-0.25, -0.2) is 0 Å². The largest absolute Gasteiger partial charge is 0.497 e. The van der Waals surface area contributed by atoms with Crippen LogP contribution in [-0.4, -0.2) is 13.7 Å². The Balaban J connectivity index is 2.54. The Morgan fingerprint density at radius 3 is 2.69 bits per heavy atom. The Labute approximate surface area is 99.0 Å². The number of hydrogen-bond acceptors (Lipinski definition) is 2. The summed E-state index contributed by atoms with van der Waals surface area (Å²) in [6, 6.07) is 8.62. The minimum Gasteiger partial charge on any atom is -0.497 e. The summed E-state index contributed by atoms with van der Waals surface area (Å²) in [6.45, 7) is 7.75. The van der Waals surface area contributed by atoms with Crippen molar-refractivity contribution in [1.29, 1.82) is 0 Å². The van der Waals surface area contributed by atoms with Crippen LogP contribution in [0.3, 0.4) is 0 Å². The molecule has 0 spiro atoms. The van der Waals surface area contributed by atoms with E-state index in [4.69, 9.17) is 4.74 Å². The molecule has 1 aromatic rings. The molecule has 0 aliphatic heterocycles. The number of nitrogens with one attached hydrogen (secondary N) is 1. The van der Waals surface area contributed by atoms with E-state index in [9.17, 15) is 0 Å². The molecule has 1 unspecified atom stereocenters. The maximum absolute atomic E-state index is 5.22. The SMILES string of the molecule is CCC(C)CN[C@H](C)c1cccc(OC)c1. The number of benzene rings is 1. The van der Waals surface area contributed by atoms with E-state index in [1.807, 2.05) is 12.1 Å². The summed E-state index contributed by atoms with van der Waals surface area (Å²) >= 11 is 0. The van der Waals surface area contributed by atoms with Gasteiger partial charge < -0.3 is 10.1 Å². The number of methoxy groups -OCH3 is 1. The molecule has 1 aromatic carbocycles. The quantitative estimate of drug-likeness (QED) is 0.795. The topological polar surface area (TPSA) is 21.3 Å². The predicted molar refractivity (Wildman–Crippen MR) is 68.9 cm³/mol. The zero-order valence-electron chi connectivity index (χ0n) is 10.8.